The monoisotopic (exact) mass is 361 g/mol. The maximum atomic E-state index is 12.4. The first-order valence-corrected chi connectivity index (χ1v) is 7.88. The Morgan fingerprint density at radius 3 is 2.64 bits per heavy atom. The second kappa shape index (κ2) is 6.40. The maximum absolute atomic E-state index is 12.4. The van der Waals surface area contributed by atoms with Gasteiger partial charge in [0.1, 0.15) is 6.61 Å². The normalized spacial score (nSPS) is 17.6. The molecule has 0 fully saturated rings. The van der Waals surface area contributed by atoms with Crippen LogP contribution in [0.15, 0.2) is 53.0 Å². The van der Waals surface area contributed by atoms with Crippen LogP contribution in [-0.2, 0) is 4.79 Å². The summed E-state index contributed by atoms with van der Waals surface area (Å²) in [4.78, 5) is 12.4. The van der Waals surface area contributed by atoms with Gasteiger partial charge in [0, 0.05) is 4.47 Å². The Bertz CT molecular complexity index is 689. The van der Waals surface area contributed by atoms with Crippen molar-refractivity contribution in [2.75, 3.05) is 6.61 Å². The van der Waals surface area contributed by atoms with Crippen LogP contribution in [0.4, 0.5) is 0 Å². The highest BCUT2D eigenvalue weighted by Gasteiger charge is 2.28. The number of hydrogen-bond acceptors (Lipinski definition) is 3. The van der Waals surface area contributed by atoms with E-state index >= 15 is 0 Å². The minimum atomic E-state index is -0.639. The Hall–Kier alpha value is -2.01. The SMILES string of the molecule is CC(NC(=O)C1COc2ccccc2O1)c1ccccc1Br. The molecule has 0 spiro atoms. The van der Waals surface area contributed by atoms with Crippen molar-refractivity contribution in [1.82, 2.24) is 5.32 Å². The standard InChI is InChI=1S/C17H16BrNO3/c1-11(12-6-2-3-7-13(12)18)19-17(20)16-10-21-14-8-4-5-9-15(14)22-16/h2-9,11,16H,10H2,1H3,(H,19,20). The molecule has 2 atom stereocenters. The van der Waals surface area contributed by atoms with Crippen LogP contribution in [0.5, 0.6) is 11.5 Å². The number of carbonyl (C=O) groups is 1. The minimum absolute atomic E-state index is 0.121. The van der Waals surface area contributed by atoms with Gasteiger partial charge in [-0.2, -0.15) is 0 Å². The van der Waals surface area contributed by atoms with E-state index < -0.39 is 6.10 Å². The molecule has 0 bridgehead atoms. The van der Waals surface area contributed by atoms with E-state index in [-0.39, 0.29) is 18.6 Å². The number of para-hydroxylation sites is 2. The number of carbonyl (C=O) groups excluding carboxylic acids is 1. The van der Waals surface area contributed by atoms with Crippen molar-refractivity contribution in [2.24, 2.45) is 0 Å². The van der Waals surface area contributed by atoms with E-state index in [1.54, 1.807) is 6.07 Å². The molecular formula is C17H16BrNO3. The summed E-state index contributed by atoms with van der Waals surface area (Å²) in [6.07, 6.45) is -0.639. The van der Waals surface area contributed by atoms with E-state index in [1.807, 2.05) is 49.4 Å². The quantitative estimate of drug-likeness (QED) is 0.910. The molecule has 5 heteroatoms. The van der Waals surface area contributed by atoms with Crippen LogP contribution < -0.4 is 14.8 Å². The fraction of sp³-hybridized carbons (Fsp3) is 0.235. The molecule has 1 aliphatic rings. The number of fused-ring (bicyclic) bond motifs is 1. The van der Waals surface area contributed by atoms with Gasteiger partial charge in [0.15, 0.2) is 11.5 Å². The number of halogens is 1. The topological polar surface area (TPSA) is 47.6 Å². The van der Waals surface area contributed by atoms with Crippen LogP contribution >= 0.6 is 15.9 Å². The first-order valence-electron chi connectivity index (χ1n) is 7.08. The summed E-state index contributed by atoms with van der Waals surface area (Å²) in [5, 5.41) is 2.96. The number of hydrogen-bond donors (Lipinski definition) is 1. The molecule has 2 unspecified atom stereocenters. The lowest BCUT2D eigenvalue weighted by molar-refractivity contribution is -0.131. The molecule has 0 radical (unpaired) electrons. The highest BCUT2D eigenvalue weighted by Crippen LogP contribution is 2.31. The van der Waals surface area contributed by atoms with Crippen molar-refractivity contribution in [1.29, 1.82) is 0 Å². The van der Waals surface area contributed by atoms with Crippen LogP contribution in [-0.4, -0.2) is 18.6 Å². The average molecular weight is 362 g/mol. The van der Waals surface area contributed by atoms with E-state index in [0.717, 1.165) is 10.0 Å². The van der Waals surface area contributed by atoms with E-state index in [9.17, 15) is 4.79 Å². The van der Waals surface area contributed by atoms with Crippen molar-refractivity contribution >= 4 is 21.8 Å². The first-order chi connectivity index (χ1) is 10.6. The molecule has 1 amide bonds. The molecule has 2 aromatic rings. The lowest BCUT2D eigenvalue weighted by atomic mass is 10.1. The molecule has 1 N–H and O–H groups in total. The molecule has 0 saturated carbocycles. The molecule has 2 aromatic carbocycles. The highest BCUT2D eigenvalue weighted by molar-refractivity contribution is 9.10. The van der Waals surface area contributed by atoms with E-state index in [1.165, 1.54) is 0 Å². The van der Waals surface area contributed by atoms with Crippen molar-refractivity contribution < 1.29 is 14.3 Å². The molecule has 1 aliphatic heterocycles. The van der Waals surface area contributed by atoms with Crippen molar-refractivity contribution in [3.8, 4) is 11.5 Å². The summed E-state index contributed by atoms with van der Waals surface area (Å²) >= 11 is 3.50. The summed E-state index contributed by atoms with van der Waals surface area (Å²) in [5.41, 5.74) is 1.02. The zero-order chi connectivity index (χ0) is 15.5. The summed E-state index contributed by atoms with van der Waals surface area (Å²) in [5.74, 6) is 1.09. The van der Waals surface area contributed by atoms with Gasteiger partial charge in [0.05, 0.1) is 6.04 Å². The predicted octanol–water partition coefficient (Wildman–Crippen LogP) is 3.47. The van der Waals surface area contributed by atoms with Gasteiger partial charge in [0.25, 0.3) is 5.91 Å². The van der Waals surface area contributed by atoms with Crippen LogP contribution in [0.2, 0.25) is 0 Å². The number of ether oxygens (including phenoxy) is 2. The van der Waals surface area contributed by atoms with Gasteiger partial charge in [-0.25, -0.2) is 0 Å². The average Bonchev–Trinajstić information content (AvgIpc) is 2.54. The fourth-order valence-electron chi connectivity index (χ4n) is 2.36. The Morgan fingerprint density at radius 1 is 1.18 bits per heavy atom. The van der Waals surface area contributed by atoms with Gasteiger partial charge in [-0.05, 0) is 30.7 Å². The molecule has 0 aromatic heterocycles. The summed E-state index contributed by atoms with van der Waals surface area (Å²) in [6, 6.07) is 15.0. The summed E-state index contributed by atoms with van der Waals surface area (Å²) in [6.45, 7) is 2.15. The molecule has 0 saturated heterocycles. The van der Waals surface area contributed by atoms with Crippen molar-refractivity contribution in [3.63, 3.8) is 0 Å². The first kappa shape index (κ1) is 14.9. The largest absolute Gasteiger partial charge is 0.485 e. The van der Waals surface area contributed by atoms with Gasteiger partial charge >= 0.3 is 0 Å². The van der Waals surface area contributed by atoms with Crippen LogP contribution in [0.25, 0.3) is 0 Å². The number of benzene rings is 2. The minimum Gasteiger partial charge on any atom is -0.485 e. The van der Waals surface area contributed by atoms with Gasteiger partial charge in [-0.3, -0.25) is 4.79 Å². The molecular weight excluding hydrogens is 346 g/mol. The van der Waals surface area contributed by atoms with Crippen LogP contribution in [0, 0.1) is 0 Å². The second-order valence-corrected chi connectivity index (χ2v) is 5.97. The Morgan fingerprint density at radius 2 is 1.86 bits per heavy atom. The lowest BCUT2D eigenvalue weighted by Gasteiger charge is -2.27. The smallest absolute Gasteiger partial charge is 0.265 e. The van der Waals surface area contributed by atoms with E-state index in [4.69, 9.17) is 9.47 Å². The van der Waals surface area contributed by atoms with E-state index in [0.29, 0.717) is 11.5 Å². The van der Waals surface area contributed by atoms with Gasteiger partial charge in [0.2, 0.25) is 6.10 Å². The summed E-state index contributed by atoms with van der Waals surface area (Å²) < 4.78 is 12.3. The molecule has 3 rings (SSSR count). The Labute approximate surface area is 137 Å². The third-order valence-corrected chi connectivity index (χ3v) is 4.25. The third-order valence-electron chi connectivity index (χ3n) is 3.53. The van der Waals surface area contributed by atoms with Gasteiger partial charge < -0.3 is 14.8 Å². The molecule has 1 heterocycles. The van der Waals surface area contributed by atoms with Gasteiger partial charge in [-0.15, -0.1) is 0 Å². The number of rotatable bonds is 3. The maximum Gasteiger partial charge on any atom is 0.265 e. The highest BCUT2D eigenvalue weighted by atomic mass is 79.9. The molecule has 114 valence electrons. The van der Waals surface area contributed by atoms with E-state index in [2.05, 4.69) is 21.2 Å². The molecule has 22 heavy (non-hydrogen) atoms. The Balaban J connectivity index is 1.67. The number of nitrogens with one attached hydrogen (secondary N) is 1. The third kappa shape index (κ3) is 3.09. The molecule has 0 aliphatic carbocycles. The van der Waals surface area contributed by atoms with Crippen molar-refractivity contribution in [2.45, 2.75) is 19.1 Å². The lowest BCUT2D eigenvalue weighted by Crippen LogP contribution is -2.44. The molecule has 4 nitrogen and oxygen atoms in total. The zero-order valence-electron chi connectivity index (χ0n) is 12.1. The van der Waals surface area contributed by atoms with Crippen LogP contribution in [0.3, 0.4) is 0 Å². The van der Waals surface area contributed by atoms with Crippen molar-refractivity contribution in [3.05, 3.63) is 58.6 Å². The predicted molar refractivity (Wildman–Crippen MR) is 87.1 cm³/mol. The zero-order valence-corrected chi connectivity index (χ0v) is 13.7. The fourth-order valence-corrected chi connectivity index (χ4v) is 2.99. The van der Waals surface area contributed by atoms with Gasteiger partial charge in [-0.1, -0.05) is 46.3 Å². The summed E-state index contributed by atoms with van der Waals surface area (Å²) in [7, 11) is 0. The Kier molecular flexibility index (Phi) is 4.34. The number of amides is 1. The second-order valence-electron chi connectivity index (χ2n) is 5.12. The van der Waals surface area contributed by atoms with Crippen LogP contribution in [0.1, 0.15) is 18.5 Å².